The van der Waals surface area contributed by atoms with Crippen LogP contribution in [0.25, 0.3) is 0 Å². The van der Waals surface area contributed by atoms with Crippen molar-refractivity contribution in [2.75, 3.05) is 27.2 Å². The molecule has 0 radical (unpaired) electrons. The fraction of sp³-hybridized carbons (Fsp3) is 0.562. The number of rotatable bonds is 5. The number of carbonyl (C=O) groups is 1. The van der Waals surface area contributed by atoms with E-state index in [0.29, 0.717) is 12.6 Å². The first-order valence-electron chi connectivity index (χ1n) is 7.32. The van der Waals surface area contributed by atoms with E-state index < -0.39 is 0 Å². The van der Waals surface area contributed by atoms with E-state index in [0.717, 1.165) is 12.2 Å². The van der Waals surface area contributed by atoms with Crippen molar-refractivity contribution in [1.29, 1.82) is 0 Å². The lowest BCUT2D eigenvalue weighted by molar-refractivity contribution is -0.131. The second-order valence-electron chi connectivity index (χ2n) is 5.29. The van der Waals surface area contributed by atoms with Crippen LogP contribution in [0, 0.1) is 0 Å². The van der Waals surface area contributed by atoms with E-state index in [9.17, 15) is 4.79 Å². The molecule has 110 valence electrons. The highest BCUT2D eigenvalue weighted by molar-refractivity contribution is 5.77. The molecular formula is C16H24N2O2. The largest absolute Gasteiger partial charge is 0.484 e. The molecule has 0 spiro atoms. The highest BCUT2D eigenvalue weighted by Crippen LogP contribution is 2.31. The summed E-state index contributed by atoms with van der Waals surface area (Å²) >= 11 is 0. The molecule has 0 aromatic heterocycles. The summed E-state index contributed by atoms with van der Waals surface area (Å²) < 4.78 is 5.61. The summed E-state index contributed by atoms with van der Waals surface area (Å²) in [4.78, 5) is 13.4. The van der Waals surface area contributed by atoms with Gasteiger partial charge in [0.1, 0.15) is 5.75 Å². The standard InChI is InChI=1S/C16H24N2O2/c1-4-18(3)16(19)11-20-13-8-9-14-12(10-13)6-5-7-15(14)17-2/h8-10,15,17H,4-7,11H2,1-3H3. The number of ether oxygens (including phenoxy) is 1. The molecule has 4 nitrogen and oxygen atoms in total. The van der Waals surface area contributed by atoms with Gasteiger partial charge in [-0.05, 0) is 56.5 Å². The Bertz CT molecular complexity index is 474. The number of hydrogen-bond donors (Lipinski definition) is 1. The van der Waals surface area contributed by atoms with Crippen LogP contribution in [0.15, 0.2) is 18.2 Å². The first kappa shape index (κ1) is 14.9. The summed E-state index contributed by atoms with van der Waals surface area (Å²) in [5, 5.41) is 3.35. The fourth-order valence-corrected chi connectivity index (χ4v) is 2.61. The second-order valence-corrected chi connectivity index (χ2v) is 5.29. The molecule has 1 aromatic carbocycles. The molecule has 0 saturated heterocycles. The van der Waals surface area contributed by atoms with Gasteiger partial charge in [-0.15, -0.1) is 0 Å². The lowest BCUT2D eigenvalue weighted by Gasteiger charge is -2.25. The smallest absolute Gasteiger partial charge is 0.260 e. The Hall–Kier alpha value is -1.55. The van der Waals surface area contributed by atoms with Gasteiger partial charge >= 0.3 is 0 Å². The maximum absolute atomic E-state index is 11.7. The highest BCUT2D eigenvalue weighted by atomic mass is 16.5. The fourth-order valence-electron chi connectivity index (χ4n) is 2.61. The van der Waals surface area contributed by atoms with E-state index in [4.69, 9.17) is 4.74 Å². The molecule has 1 aliphatic rings. The minimum absolute atomic E-state index is 0.0123. The molecule has 1 unspecified atom stereocenters. The van der Waals surface area contributed by atoms with Crippen LogP contribution in [-0.2, 0) is 11.2 Å². The van der Waals surface area contributed by atoms with Gasteiger partial charge in [0, 0.05) is 19.6 Å². The SMILES string of the molecule is CCN(C)C(=O)COc1ccc2c(c1)CCCC2NC. The van der Waals surface area contributed by atoms with Crippen molar-refractivity contribution in [2.45, 2.75) is 32.2 Å². The van der Waals surface area contributed by atoms with Gasteiger partial charge in [0.25, 0.3) is 5.91 Å². The highest BCUT2D eigenvalue weighted by Gasteiger charge is 2.19. The zero-order valence-electron chi connectivity index (χ0n) is 12.6. The molecule has 1 aromatic rings. The van der Waals surface area contributed by atoms with Crippen LogP contribution in [-0.4, -0.2) is 38.1 Å². The summed E-state index contributed by atoms with van der Waals surface area (Å²) in [6.07, 6.45) is 3.47. The number of nitrogens with one attached hydrogen (secondary N) is 1. The minimum Gasteiger partial charge on any atom is -0.484 e. The molecule has 0 saturated carbocycles. The van der Waals surface area contributed by atoms with Crippen molar-refractivity contribution in [2.24, 2.45) is 0 Å². The molecular weight excluding hydrogens is 252 g/mol. The lowest BCUT2D eigenvalue weighted by Crippen LogP contribution is -2.31. The minimum atomic E-state index is 0.0123. The third-order valence-electron chi connectivity index (χ3n) is 4.04. The molecule has 2 rings (SSSR count). The maximum atomic E-state index is 11.7. The average molecular weight is 276 g/mol. The summed E-state index contributed by atoms with van der Waals surface area (Å²) in [6, 6.07) is 6.62. The summed E-state index contributed by atoms with van der Waals surface area (Å²) in [5.41, 5.74) is 2.70. The molecule has 0 aliphatic heterocycles. The van der Waals surface area contributed by atoms with Crippen molar-refractivity contribution >= 4 is 5.91 Å². The molecule has 0 heterocycles. The molecule has 0 bridgehead atoms. The monoisotopic (exact) mass is 276 g/mol. The number of likely N-dealkylation sites (N-methyl/N-ethyl adjacent to an activating group) is 1. The quantitative estimate of drug-likeness (QED) is 0.896. The van der Waals surface area contributed by atoms with Crippen LogP contribution < -0.4 is 10.1 Å². The van der Waals surface area contributed by atoms with Crippen molar-refractivity contribution in [1.82, 2.24) is 10.2 Å². The van der Waals surface area contributed by atoms with E-state index >= 15 is 0 Å². The zero-order valence-corrected chi connectivity index (χ0v) is 12.6. The second kappa shape index (κ2) is 6.75. The molecule has 4 heteroatoms. The van der Waals surface area contributed by atoms with Gasteiger partial charge in [-0.25, -0.2) is 0 Å². The first-order chi connectivity index (χ1) is 9.65. The third-order valence-corrected chi connectivity index (χ3v) is 4.04. The van der Waals surface area contributed by atoms with Crippen molar-refractivity contribution in [3.05, 3.63) is 29.3 Å². The average Bonchev–Trinajstić information content (AvgIpc) is 2.50. The van der Waals surface area contributed by atoms with Crippen LogP contribution in [0.1, 0.15) is 36.9 Å². The van der Waals surface area contributed by atoms with E-state index in [1.165, 1.54) is 24.0 Å². The van der Waals surface area contributed by atoms with Crippen molar-refractivity contribution in [3.8, 4) is 5.75 Å². The van der Waals surface area contributed by atoms with Crippen molar-refractivity contribution < 1.29 is 9.53 Å². The van der Waals surface area contributed by atoms with E-state index in [2.05, 4.69) is 17.4 Å². The summed E-state index contributed by atoms with van der Waals surface area (Å²) in [7, 11) is 3.79. The maximum Gasteiger partial charge on any atom is 0.260 e. The number of aryl methyl sites for hydroxylation is 1. The zero-order chi connectivity index (χ0) is 14.5. The van der Waals surface area contributed by atoms with Crippen molar-refractivity contribution in [3.63, 3.8) is 0 Å². The molecule has 1 amide bonds. The van der Waals surface area contributed by atoms with Crippen LogP contribution in [0.4, 0.5) is 0 Å². The molecule has 1 N–H and O–H groups in total. The van der Waals surface area contributed by atoms with E-state index in [1.54, 1.807) is 11.9 Å². The Morgan fingerprint density at radius 3 is 3.00 bits per heavy atom. The molecule has 0 fully saturated rings. The van der Waals surface area contributed by atoms with Gasteiger partial charge in [0.15, 0.2) is 6.61 Å². The first-order valence-corrected chi connectivity index (χ1v) is 7.32. The normalized spacial score (nSPS) is 17.4. The Kier molecular flexibility index (Phi) is 5.01. The number of carbonyl (C=O) groups excluding carboxylic acids is 1. The number of hydrogen-bond acceptors (Lipinski definition) is 3. The van der Waals surface area contributed by atoms with Gasteiger partial charge < -0.3 is 15.0 Å². The number of nitrogens with zero attached hydrogens (tertiary/aromatic N) is 1. The van der Waals surface area contributed by atoms with Crippen LogP contribution in [0.3, 0.4) is 0 Å². The molecule has 20 heavy (non-hydrogen) atoms. The van der Waals surface area contributed by atoms with Gasteiger partial charge in [0.05, 0.1) is 0 Å². The Morgan fingerprint density at radius 2 is 2.30 bits per heavy atom. The molecule has 1 aliphatic carbocycles. The predicted octanol–water partition coefficient (Wildman–Crippen LogP) is 2.14. The van der Waals surface area contributed by atoms with Crippen LogP contribution >= 0.6 is 0 Å². The van der Waals surface area contributed by atoms with E-state index in [1.807, 2.05) is 20.0 Å². The van der Waals surface area contributed by atoms with Crippen LogP contribution in [0.5, 0.6) is 5.75 Å². The van der Waals surface area contributed by atoms with Gasteiger partial charge in [-0.2, -0.15) is 0 Å². The Morgan fingerprint density at radius 1 is 1.50 bits per heavy atom. The predicted molar refractivity (Wildman–Crippen MR) is 80.0 cm³/mol. The summed E-state index contributed by atoms with van der Waals surface area (Å²) in [6.45, 7) is 2.77. The van der Waals surface area contributed by atoms with Gasteiger partial charge in [-0.3, -0.25) is 4.79 Å². The van der Waals surface area contributed by atoms with Gasteiger partial charge in [0.2, 0.25) is 0 Å². The Balaban J connectivity index is 2.02. The van der Waals surface area contributed by atoms with Crippen LogP contribution in [0.2, 0.25) is 0 Å². The van der Waals surface area contributed by atoms with Gasteiger partial charge in [-0.1, -0.05) is 6.07 Å². The summed E-state index contributed by atoms with van der Waals surface area (Å²) in [5.74, 6) is 0.802. The van der Waals surface area contributed by atoms with E-state index in [-0.39, 0.29) is 12.5 Å². The number of fused-ring (bicyclic) bond motifs is 1. The number of benzene rings is 1. The Labute approximate surface area is 121 Å². The number of amides is 1. The molecule has 1 atom stereocenters. The topological polar surface area (TPSA) is 41.6 Å². The third kappa shape index (κ3) is 3.31. The lowest BCUT2D eigenvalue weighted by atomic mass is 9.87.